The van der Waals surface area contributed by atoms with Crippen LogP contribution in [0.2, 0.25) is 0 Å². The third-order valence-electron chi connectivity index (χ3n) is 4.37. The lowest BCUT2D eigenvalue weighted by atomic mass is 9.86. The van der Waals surface area contributed by atoms with Crippen molar-refractivity contribution in [1.29, 1.82) is 0 Å². The summed E-state index contributed by atoms with van der Waals surface area (Å²) in [6, 6.07) is 15.9. The summed E-state index contributed by atoms with van der Waals surface area (Å²) in [5.74, 6) is 0.371. The summed E-state index contributed by atoms with van der Waals surface area (Å²) in [6.45, 7) is 10.9. The van der Waals surface area contributed by atoms with E-state index in [4.69, 9.17) is 0 Å². The Morgan fingerprint density at radius 3 is 2.22 bits per heavy atom. The molecule has 2 rings (SSSR count). The summed E-state index contributed by atoms with van der Waals surface area (Å²) in [7, 11) is 0. The molecule has 0 spiro atoms. The number of anilines is 1. The summed E-state index contributed by atoms with van der Waals surface area (Å²) in [4.78, 5) is 12.5. The van der Waals surface area contributed by atoms with E-state index in [1.807, 2.05) is 42.5 Å². The Morgan fingerprint density at radius 2 is 1.65 bits per heavy atom. The molecule has 0 bridgehead atoms. The highest BCUT2D eigenvalue weighted by molar-refractivity contribution is 6.04. The van der Waals surface area contributed by atoms with Crippen LogP contribution in [-0.2, 0) is 5.41 Å². The van der Waals surface area contributed by atoms with E-state index in [9.17, 15) is 4.79 Å². The molecular weight excluding hydrogens is 282 g/mol. The Labute approximate surface area is 139 Å². The van der Waals surface area contributed by atoms with Gasteiger partial charge in [-0.05, 0) is 47.1 Å². The number of hydrogen-bond donors (Lipinski definition) is 1. The fraction of sp³-hybridized carbons (Fsp3) is 0.381. The fourth-order valence-electron chi connectivity index (χ4n) is 2.58. The summed E-state index contributed by atoms with van der Waals surface area (Å²) in [5.41, 5.74) is 4.12. The lowest BCUT2D eigenvalue weighted by molar-refractivity contribution is 0.102. The molecule has 0 aliphatic heterocycles. The molecule has 2 aromatic carbocycles. The molecule has 0 saturated carbocycles. The van der Waals surface area contributed by atoms with Crippen molar-refractivity contribution in [1.82, 2.24) is 0 Å². The molecule has 122 valence electrons. The maximum atomic E-state index is 12.5. The molecule has 1 amide bonds. The molecule has 0 unspecified atom stereocenters. The summed E-state index contributed by atoms with van der Waals surface area (Å²) >= 11 is 0. The van der Waals surface area contributed by atoms with E-state index < -0.39 is 0 Å². The predicted octanol–water partition coefficient (Wildman–Crippen LogP) is 5.75. The Morgan fingerprint density at radius 1 is 1.04 bits per heavy atom. The number of para-hydroxylation sites is 1. The van der Waals surface area contributed by atoms with Crippen molar-refractivity contribution in [3.63, 3.8) is 0 Å². The van der Waals surface area contributed by atoms with Crippen LogP contribution in [0.3, 0.4) is 0 Å². The normalized spacial score (nSPS) is 12.7. The number of nitrogens with one attached hydrogen (secondary N) is 1. The van der Waals surface area contributed by atoms with Gasteiger partial charge in [0.2, 0.25) is 0 Å². The lowest BCUT2D eigenvalue weighted by Crippen LogP contribution is -2.15. The Hall–Kier alpha value is -2.09. The number of hydrogen-bond acceptors (Lipinski definition) is 1. The van der Waals surface area contributed by atoms with Crippen LogP contribution in [0.4, 0.5) is 5.69 Å². The Kier molecular flexibility index (Phi) is 5.25. The highest BCUT2D eigenvalue weighted by atomic mass is 16.1. The molecule has 2 nitrogen and oxygen atoms in total. The maximum Gasteiger partial charge on any atom is 0.255 e. The van der Waals surface area contributed by atoms with Crippen LogP contribution in [-0.4, -0.2) is 5.91 Å². The van der Waals surface area contributed by atoms with E-state index in [0.29, 0.717) is 11.5 Å². The molecule has 23 heavy (non-hydrogen) atoms. The van der Waals surface area contributed by atoms with E-state index in [1.54, 1.807) is 0 Å². The molecule has 0 fully saturated rings. The van der Waals surface area contributed by atoms with Crippen molar-refractivity contribution in [2.24, 2.45) is 0 Å². The SMILES string of the molecule is CC[C@H](C)c1ccccc1NC(=O)c1ccc(C(C)(C)C)cc1. The monoisotopic (exact) mass is 309 g/mol. The van der Waals surface area contributed by atoms with Gasteiger partial charge in [-0.1, -0.05) is 65.0 Å². The van der Waals surface area contributed by atoms with Gasteiger partial charge in [-0.15, -0.1) is 0 Å². The van der Waals surface area contributed by atoms with Gasteiger partial charge in [-0.2, -0.15) is 0 Å². The third kappa shape index (κ3) is 4.22. The number of carbonyl (C=O) groups is 1. The molecule has 0 aromatic heterocycles. The van der Waals surface area contributed by atoms with Gasteiger partial charge in [-0.3, -0.25) is 4.79 Å². The van der Waals surface area contributed by atoms with Crippen LogP contribution in [0.25, 0.3) is 0 Å². The van der Waals surface area contributed by atoms with Crippen molar-refractivity contribution in [2.45, 2.75) is 52.4 Å². The quantitative estimate of drug-likeness (QED) is 0.765. The second-order valence-corrected chi connectivity index (χ2v) is 7.18. The number of carbonyl (C=O) groups excluding carboxylic acids is 1. The molecule has 2 aromatic rings. The fourth-order valence-corrected chi connectivity index (χ4v) is 2.58. The van der Waals surface area contributed by atoms with E-state index >= 15 is 0 Å². The number of benzene rings is 2. The molecule has 0 aliphatic carbocycles. The van der Waals surface area contributed by atoms with Crippen molar-refractivity contribution in [3.05, 3.63) is 65.2 Å². The molecule has 1 atom stereocenters. The van der Waals surface area contributed by atoms with Gasteiger partial charge in [0.25, 0.3) is 5.91 Å². The van der Waals surface area contributed by atoms with Gasteiger partial charge in [-0.25, -0.2) is 0 Å². The van der Waals surface area contributed by atoms with Crippen LogP contribution in [0, 0.1) is 0 Å². The zero-order chi connectivity index (χ0) is 17.0. The minimum Gasteiger partial charge on any atom is -0.322 e. The first-order valence-electron chi connectivity index (χ1n) is 8.33. The van der Waals surface area contributed by atoms with Gasteiger partial charge in [0.1, 0.15) is 0 Å². The first kappa shape index (κ1) is 17.3. The van der Waals surface area contributed by atoms with E-state index in [0.717, 1.165) is 12.1 Å². The summed E-state index contributed by atoms with van der Waals surface area (Å²) in [6.07, 6.45) is 1.05. The average molecular weight is 309 g/mol. The largest absolute Gasteiger partial charge is 0.322 e. The Bertz CT molecular complexity index is 665. The van der Waals surface area contributed by atoms with E-state index in [-0.39, 0.29) is 11.3 Å². The molecule has 1 N–H and O–H groups in total. The van der Waals surface area contributed by atoms with Crippen molar-refractivity contribution in [2.75, 3.05) is 5.32 Å². The maximum absolute atomic E-state index is 12.5. The highest BCUT2D eigenvalue weighted by Crippen LogP contribution is 2.27. The van der Waals surface area contributed by atoms with Gasteiger partial charge in [0, 0.05) is 11.3 Å². The summed E-state index contributed by atoms with van der Waals surface area (Å²) in [5, 5.41) is 3.06. The molecule has 0 heterocycles. The van der Waals surface area contributed by atoms with E-state index in [2.05, 4.69) is 46.0 Å². The standard InChI is InChI=1S/C21H27NO/c1-6-15(2)18-9-7-8-10-19(18)22-20(23)16-11-13-17(14-12-16)21(3,4)5/h7-15H,6H2,1-5H3,(H,22,23)/t15-/m0/s1. The highest BCUT2D eigenvalue weighted by Gasteiger charge is 2.15. The minimum atomic E-state index is -0.0544. The smallest absolute Gasteiger partial charge is 0.255 e. The second kappa shape index (κ2) is 6.99. The van der Waals surface area contributed by atoms with Gasteiger partial charge in [0.05, 0.1) is 0 Å². The third-order valence-corrected chi connectivity index (χ3v) is 4.37. The van der Waals surface area contributed by atoms with Crippen LogP contribution >= 0.6 is 0 Å². The number of amides is 1. The van der Waals surface area contributed by atoms with Crippen molar-refractivity contribution >= 4 is 11.6 Å². The molecule has 2 heteroatoms. The second-order valence-electron chi connectivity index (χ2n) is 7.18. The molecule has 0 radical (unpaired) electrons. The van der Waals surface area contributed by atoms with Crippen LogP contribution in [0.5, 0.6) is 0 Å². The molecule has 0 aliphatic rings. The van der Waals surface area contributed by atoms with Crippen LogP contribution in [0.15, 0.2) is 48.5 Å². The minimum absolute atomic E-state index is 0.0544. The lowest BCUT2D eigenvalue weighted by Gasteiger charge is -2.19. The molecule has 0 saturated heterocycles. The van der Waals surface area contributed by atoms with Gasteiger partial charge >= 0.3 is 0 Å². The summed E-state index contributed by atoms with van der Waals surface area (Å²) < 4.78 is 0. The zero-order valence-electron chi connectivity index (χ0n) is 14.8. The Balaban J connectivity index is 2.20. The van der Waals surface area contributed by atoms with E-state index in [1.165, 1.54) is 11.1 Å². The first-order chi connectivity index (χ1) is 10.8. The van der Waals surface area contributed by atoms with Crippen LogP contribution < -0.4 is 5.32 Å². The van der Waals surface area contributed by atoms with Crippen molar-refractivity contribution < 1.29 is 4.79 Å². The first-order valence-corrected chi connectivity index (χ1v) is 8.33. The predicted molar refractivity (Wildman–Crippen MR) is 98.2 cm³/mol. The van der Waals surface area contributed by atoms with Gasteiger partial charge < -0.3 is 5.32 Å². The average Bonchev–Trinajstić information content (AvgIpc) is 2.54. The topological polar surface area (TPSA) is 29.1 Å². The molecular formula is C21H27NO. The zero-order valence-corrected chi connectivity index (χ0v) is 14.8. The van der Waals surface area contributed by atoms with Crippen LogP contribution in [0.1, 0.15) is 68.4 Å². The number of rotatable bonds is 4. The van der Waals surface area contributed by atoms with Gasteiger partial charge in [0.15, 0.2) is 0 Å². The van der Waals surface area contributed by atoms with Crippen molar-refractivity contribution in [3.8, 4) is 0 Å².